The molecule has 1 fully saturated rings. The second-order valence-electron chi connectivity index (χ2n) is 6.86. The van der Waals surface area contributed by atoms with Gasteiger partial charge in [0.25, 0.3) is 0 Å². The first-order valence-corrected chi connectivity index (χ1v) is 9.04. The predicted molar refractivity (Wildman–Crippen MR) is 97.2 cm³/mol. The van der Waals surface area contributed by atoms with E-state index >= 15 is 0 Å². The smallest absolute Gasteiger partial charge is 0.341 e. The Bertz CT molecular complexity index is 890. The lowest BCUT2D eigenvalue weighted by molar-refractivity contribution is -0.126. The highest BCUT2D eigenvalue weighted by Crippen LogP contribution is 2.37. The van der Waals surface area contributed by atoms with E-state index < -0.39 is 17.9 Å². The minimum Gasteiger partial charge on any atom is -0.496 e. The number of allylic oxidation sites excluding steroid dienone is 1. The number of hydrogen-bond donors (Lipinski definition) is 0. The molecule has 1 saturated carbocycles. The van der Waals surface area contributed by atoms with E-state index in [0.717, 1.165) is 5.56 Å². The van der Waals surface area contributed by atoms with Crippen LogP contribution in [-0.2, 0) is 14.3 Å². The Morgan fingerprint density at radius 1 is 1.04 bits per heavy atom. The van der Waals surface area contributed by atoms with Gasteiger partial charge in [-0.1, -0.05) is 42.5 Å². The van der Waals surface area contributed by atoms with Gasteiger partial charge in [-0.2, -0.15) is 0 Å². The van der Waals surface area contributed by atoms with Crippen LogP contribution < -0.4 is 0 Å². The van der Waals surface area contributed by atoms with Gasteiger partial charge in [-0.15, -0.1) is 0 Å². The average Bonchev–Trinajstić information content (AvgIpc) is 2.69. The van der Waals surface area contributed by atoms with Crippen molar-refractivity contribution in [2.45, 2.75) is 31.5 Å². The predicted octanol–water partition coefficient (Wildman–Crippen LogP) is 4.16. The molecule has 27 heavy (non-hydrogen) atoms. The summed E-state index contributed by atoms with van der Waals surface area (Å²) in [5.41, 5.74) is 1.35. The van der Waals surface area contributed by atoms with Crippen LogP contribution in [0.3, 0.4) is 0 Å². The molecular formula is C22H19FO4. The maximum Gasteiger partial charge on any atom is 0.341 e. The molecule has 0 spiro atoms. The summed E-state index contributed by atoms with van der Waals surface area (Å²) in [5.74, 6) is -1.46. The molecule has 0 radical (unpaired) electrons. The van der Waals surface area contributed by atoms with E-state index in [1.165, 1.54) is 24.5 Å². The number of ether oxygens (including phenoxy) is 2. The van der Waals surface area contributed by atoms with Crippen LogP contribution in [0.2, 0.25) is 0 Å². The Hall–Kier alpha value is -2.95. The zero-order chi connectivity index (χ0) is 18.8. The summed E-state index contributed by atoms with van der Waals surface area (Å²) in [7, 11) is 0. The Kier molecular flexibility index (Phi) is 4.75. The standard InChI is InChI=1S/C22H19FO4/c23-19-9-5-4-8-16(19)22(25)27-15-10-11-17-20(12-15)26-13-18(21(17)24)14-6-2-1-3-7-14/h1-9,13,15,17,20H,10-12H2. The SMILES string of the molecule is O=C(OC1CCC2C(=O)C(c3ccccc3)=COC2C1)c1ccccc1F. The van der Waals surface area contributed by atoms with Crippen molar-refractivity contribution in [1.82, 2.24) is 0 Å². The van der Waals surface area contributed by atoms with Crippen LogP contribution in [0.25, 0.3) is 5.57 Å². The Morgan fingerprint density at radius 3 is 2.56 bits per heavy atom. The van der Waals surface area contributed by atoms with Crippen molar-refractivity contribution < 1.29 is 23.5 Å². The molecule has 0 N–H and O–H groups in total. The molecule has 1 aliphatic heterocycles. The van der Waals surface area contributed by atoms with Gasteiger partial charge in [0.2, 0.25) is 0 Å². The zero-order valence-electron chi connectivity index (χ0n) is 14.6. The third kappa shape index (κ3) is 3.50. The number of hydrogen-bond acceptors (Lipinski definition) is 4. The van der Waals surface area contributed by atoms with Gasteiger partial charge < -0.3 is 9.47 Å². The fourth-order valence-corrected chi connectivity index (χ4v) is 3.73. The minimum atomic E-state index is -0.681. The fourth-order valence-electron chi connectivity index (χ4n) is 3.73. The summed E-state index contributed by atoms with van der Waals surface area (Å²) in [5, 5.41) is 0. The number of rotatable bonds is 3. The fraction of sp³-hybridized carbons (Fsp3) is 0.273. The lowest BCUT2D eigenvalue weighted by atomic mass is 9.78. The van der Waals surface area contributed by atoms with Gasteiger partial charge in [0, 0.05) is 6.42 Å². The van der Waals surface area contributed by atoms with Gasteiger partial charge in [0.15, 0.2) is 5.78 Å². The quantitative estimate of drug-likeness (QED) is 0.766. The molecule has 0 amide bonds. The first-order valence-electron chi connectivity index (χ1n) is 9.04. The number of benzene rings is 2. The van der Waals surface area contributed by atoms with Crippen LogP contribution in [0.15, 0.2) is 60.9 Å². The number of Topliss-reactive ketones (excluding diaryl/α,β-unsaturated/α-hetero) is 1. The van der Waals surface area contributed by atoms with E-state index in [0.29, 0.717) is 24.8 Å². The largest absolute Gasteiger partial charge is 0.496 e. The van der Waals surface area contributed by atoms with Gasteiger partial charge in [0.05, 0.1) is 23.3 Å². The topological polar surface area (TPSA) is 52.6 Å². The molecule has 1 heterocycles. The molecule has 1 aliphatic carbocycles. The second kappa shape index (κ2) is 7.35. The summed E-state index contributed by atoms with van der Waals surface area (Å²) in [6.45, 7) is 0. The summed E-state index contributed by atoms with van der Waals surface area (Å²) in [6, 6.07) is 15.2. The van der Waals surface area contributed by atoms with Crippen molar-refractivity contribution in [2.24, 2.45) is 5.92 Å². The number of carbonyl (C=O) groups is 2. The molecule has 3 atom stereocenters. The molecule has 0 aromatic heterocycles. The first-order chi connectivity index (χ1) is 13.1. The van der Waals surface area contributed by atoms with Crippen LogP contribution >= 0.6 is 0 Å². The molecule has 0 bridgehead atoms. The zero-order valence-corrected chi connectivity index (χ0v) is 14.6. The molecular weight excluding hydrogens is 347 g/mol. The van der Waals surface area contributed by atoms with Crippen LogP contribution in [0.4, 0.5) is 4.39 Å². The lowest BCUT2D eigenvalue weighted by Crippen LogP contribution is -2.42. The van der Waals surface area contributed by atoms with E-state index in [2.05, 4.69) is 0 Å². The highest BCUT2D eigenvalue weighted by atomic mass is 19.1. The number of esters is 1. The van der Waals surface area contributed by atoms with Crippen molar-refractivity contribution in [2.75, 3.05) is 0 Å². The first kappa shape index (κ1) is 17.5. The highest BCUT2D eigenvalue weighted by molar-refractivity contribution is 6.22. The Balaban J connectivity index is 1.44. The summed E-state index contributed by atoms with van der Waals surface area (Å²) in [4.78, 5) is 25.1. The molecule has 138 valence electrons. The van der Waals surface area contributed by atoms with E-state index in [-0.39, 0.29) is 23.4 Å². The average molecular weight is 366 g/mol. The monoisotopic (exact) mass is 366 g/mol. The van der Waals surface area contributed by atoms with E-state index in [1.54, 1.807) is 6.07 Å². The van der Waals surface area contributed by atoms with Crippen molar-refractivity contribution in [1.29, 1.82) is 0 Å². The molecule has 0 saturated heterocycles. The minimum absolute atomic E-state index is 0.0660. The highest BCUT2D eigenvalue weighted by Gasteiger charge is 2.41. The van der Waals surface area contributed by atoms with Crippen molar-refractivity contribution >= 4 is 17.3 Å². The van der Waals surface area contributed by atoms with Crippen molar-refractivity contribution in [3.05, 3.63) is 77.8 Å². The molecule has 5 heteroatoms. The van der Waals surface area contributed by atoms with Crippen LogP contribution in [0.5, 0.6) is 0 Å². The molecule has 3 unspecified atom stereocenters. The number of carbonyl (C=O) groups excluding carboxylic acids is 2. The lowest BCUT2D eigenvalue weighted by Gasteiger charge is -2.37. The Morgan fingerprint density at radius 2 is 1.78 bits per heavy atom. The maximum absolute atomic E-state index is 13.7. The number of ketones is 1. The van der Waals surface area contributed by atoms with Crippen LogP contribution in [0.1, 0.15) is 35.2 Å². The van der Waals surface area contributed by atoms with Gasteiger partial charge in [-0.3, -0.25) is 4.79 Å². The molecule has 4 rings (SSSR count). The third-order valence-corrected chi connectivity index (χ3v) is 5.16. The molecule has 4 nitrogen and oxygen atoms in total. The number of fused-ring (bicyclic) bond motifs is 1. The van der Waals surface area contributed by atoms with Gasteiger partial charge >= 0.3 is 5.97 Å². The second-order valence-corrected chi connectivity index (χ2v) is 6.86. The summed E-state index contributed by atoms with van der Waals surface area (Å²) >= 11 is 0. The van der Waals surface area contributed by atoms with Crippen LogP contribution in [0, 0.1) is 11.7 Å². The maximum atomic E-state index is 13.7. The van der Waals surface area contributed by atoms with Crippen molar-refractivity contribution in [3.8, 4) is 0 Å². The van der Waals surface area contributed by atoms with E-state index in [1.807, 2.05) is 30.3 Å². The van der Waals surface area contributed by atoms with Crippen molar-refractivity contribution in [3.63, 3.8) is 0 Å². The molecule has 2 aromatic carbocycles. The summed E-state index contributed by atoms with van der Waals surface area (Å²) < 4.78 is 25.0. The van der Waals surface area contributed by atoms with Crippen LogP contribution in [-0.4, -0.2) is 24.0 Å². The molecule has 2 aromatic rings. The molecule has 2 aliphatic rings. The van der Waals surface area contributed by atoms with Gasteiger partial charge in [0.1, 0.15) is 18.0 Å². The van der Waals surface area contributed by atoms with Gasteiger partial charge in [-0.05, 0) is 30.5 Å². The summed E-state index contributed by atoms with van der Waals surface area (Å²) in [6.07, 6.45) is 2.35. The van der Waals surface area contributed by atoms with E-state index in [9.17, 15) is 14.0 Å². The van der Waals surface area contributed by atoms with Gasteiger partial charge in [-0.25, -0.2) is 9.18 Å². The Labute approximate surface area is 156 Å². The third-order valence-electron chi connectivity index (χ3n) is 5.16. The van der Waals surface area contributed by atoms with E-state index in [4.69, 9.17) is 9.47 Å². The number of halogens is 1. The normalized spacial score (nSPS) is 24.4.